The lowest BCUT2D eigenvalue weighted by molar-refractivity contribution is 0.0715. The van der Waals surface area contributed by atoms with E-state index in [0.29, 0.717) is 24.2 Å². The highest BCUT2D eigenvalue weighted by Crippen LogP contribution is 2.28. The second kappa shape index (κ2) is 26.2. The van der Waals surface area contributed by atoms with Crippen molar-refractivity contribution in [1.82, 2.24) is 9.97 Å². The third kappa shape index (κ3) is 14.7. The van der Waals surface area contributed by atoms with Gasteiger partial charge in [-0.25, -0.2) is 28.0 Å². The third-order valence-electron chi connectivity index (χ3n) is 10.8. The van der Waals surface area contributed by atoms with E-state index >= 15 is 0 Å². The molecule has 0 amide bonds. The van der Waals surface area contributed by atoms with Gasteiger partial charge in [0.2, 0.25) is 11.6 Å². The Kier molecular flexibility index (Phi) is 19.4. The number of carbonyl (C=O) groups excluding carboxylic acids is 4. The van der Waals surface area contributed by atoms with Crippen molar-refractivity contribution < 1.29 is 65.2 Å². The Bertz CT molecular complexity index is 2510. The predicted molar refractivity (Wildman–Crippen MR) is 251 cm³/mol. The van der Waals surface area contributed by atoms with Gasteiger partial charge >= 0.3 is 23.9 Å². The number of carbonyl (C=O) groups is 4. The number of unbranched alkanes of at least 4 members (excludes halogenated alkanes) is 10. The average molecular weight is 965 g/mol. The minimum absolute atomic E-state index is 0.0116. The van der Waals surface area contributed by atoms with E-state index in [-0.39, 0.29) is 58.8 Å². The number of aromatic nitrogens is 2. The van der Waals surface area contributed by atoms with Crippen LogP contribution in [0.5, 0.6) is 34.5 Å². The van der Waals surface area contributed by atoms with Crippen LogP contribution in [0.4, 0.5) is 17.6 Å². The molecule has 0 aliphatic carbocycles. The first kappa shape index (κ1) is 51.8. The minimum atomic E-state index is -1.39. The molecule has 6 aromatic rings. The molecule has 12 nitrogen and oxygen atoms in total. The molecule has 4 aromatic carbocycles. The summed E-state index contributed by atoms with van der Waals surface area (Å²) in [5.74, 6) is -9.53. The zero-order valence-corrected chi connectivity index (χ0v) is 38.8. The first-order valence-electron chi connectivity index (χ1n) is 23.2. The monoisotopic (exact) mass is 964 g/mol. The predicted octanol–water partition coefficient (Wildman–Crippen LogP) is 13.1. The van der Waals surface area contributed by atoms with Crippen LogP contribution in [0.1, 0.15) is 132 Å². The maximum Gasteiger partial charge on any atom is 0.346 e. The number of rotatable bonds is 25. The molecule has 0 bridgehead atoms. The van der Waals surface area contributed by atoms with Gasteiger partial charge in [-0.15, -0.1) is 0 Å². The van der Waals surface area contributed by atoms with E-state index in [2.05, 4.69) is 23.8 Å². The SMILES string of the molecule is CCCCCCCCOc1ccc(C(=O)Oc2ccc(OC(=O)c3ccc(-c4ccc(C(=O)Oc5ccc(OC(=O)c6ccc(OCCCCCCCC)c(F)c6F)cc5)cn4)nc3)cc2)c(F)c1F. The van der Waals surface area contributed by atoms with Gasteiger partial charge in [-0.2, -0.15) is 8.78 Å². The van der Waals surface area contributed by atoms with Crippen molar-refractivity contribution in [3.8, 4) is 45.9 Å². The number of pyridine rings is 2. The van der Waals surface area contributed by atoms with E-state index in [4.69, 9.17) is 28.4 Å². The molecule has 0 unspecified atom stereocenters. The molecule has 6 rings (SSSR count). The van der Waals surface area contributed by atoms with E-state index in [9.17, 15) is 36.7 Å². The highest BCUT2D eigenvalue weighted by molar-refractivity contribution is 5.93. The molecule has 2 aromatic heterocycles. The molecule has 0 atom stereocenters. The maximum atomic E-state index is 14.8. The molecular weight excluding hydrogens is 913 g/mol. The van der Waals surface area contributed by atoms with Gasteiger partial charge in [-0.05, 0) is 110 Å². The Balaban J connectivity index is 0.938. The molecule has 0 fully saturated rings. The van der Waals surface area contributed by atoms with Gasteiger partial charge in [0, 0.05) is 12.4 Å². The fourth-order valence-corrected chi connectivity index (χ4v) is 6.87. The molecule has 2 heterocycles. The maximum absolute atomic E-state index is 14.8. The average Bonchev–Trinajstić information content (AvgIpc) is 3.37. The van der Waals surface area contributed by atoms with Crippen molar-refractivity contribution in [2.45, 2.75) is 90.9 Å². The van der Waals surface area contributed by atoms with E-state index in [1.165, 1.54) is 97.3 Å². The van der Waals surface area contributed by atoms with Gasteiger partial charge in [-0.1, -0.05) is 78.1 Å². The van der Waals surface area contributed by atoms with Gasteiger partial charge in [0.25, 0.3) is 0 Å². The zero-order chi connectivity index (χ0) is 49.8. The smallest absolute Gasteiger partial charge is 0.346 e. The van der Waals surface area contributed by atoms with Crippen LogP contribution in [0, 0.1) is 23.3 Å². The summed E-state index contributed by atoms with van der Waals surface area (Å²) in [5, 5.41) is 0. The fourth-order valence-electron chi connectivity index (χ4n) is 6.87. The number of nitrogens with zero attached hydrogens (tertiary/aromatic N) is 2. The number of benzene rings is 4. The topological polar surface area (TPSA) is 149 Å². The number of halogens is 4. The summed E-state index contributed by atoms with van der Waals surface area (Å²) in [5.41, 5.74) is -0.300. The lowest BCUT2D eigenvalue weighted by Crippen LogP contribution is -2.13. The Morgan fingerprint density at radius 2 is 0.714 bits per heavy atom. The second-order valence-corrected chi connectivity index (χ2v) is 16.1. The molecule has 0 aliphatic rings. The molecule has 0 N–H and O–H groups in total. The summed E-state index contributed by atoms with van der Waals surface area (Å²) < 4.78 is 91.0. The Morgan fingerprint density at radius 1 is 0.386 bits per heavy atom. The lowest BCUT2D eigenvalue weighted by Gasteiger charge is -2.11. The van der Waals surface area contributed by atoms with Gasteiger partial charge in [0.15, 0.2) is 23.1 Å². The molecule has 366 valence electrons. The van der Waals surface area contributed by atoms with Crippen LogP contribution < -0.4 is 28.4 Å². The van der Waals surface area contributed by atoms with E-state index < -0.39 is 58.3 Å². The summed E-state index contributed by atoms with van der Waals surface area (Å²) >= 11 is 0. The molecular formula is C54H52F4N2O10. The van der Waals surface area contributed by atoms with Crippen molar-refractivity contribution in [2.24, 2.45) is 0 Å². The Hall–Kier alpha value is -7.62. The Labute approximate surface area is 402 Å². The molecule has 0 spiro atoms. The summed E-state index contributed by atoms with van der Waals surface area (Å²) in [6.07, 6.45) is 14.6. The Morgan fingerprint density at radius 3 is 1.04 bits per heavy atom. The molecule has 0 saturated heterocycles. The fraction of sp³-hybridized carbons (Fsp3) is 0.296. The number of esters is 4. The van der Waals surface area contributed by atoms with Gasteiger partial charge in [0.1, 0.15) is 23.0 Å². The minimum Gasteiger partial charge on any atom is -0.490 e. The third-order valence-corrected chi connectivity index (χ3v) is 10.8. The van der Waals surface area contributed by atoms with Crippen LogP contribution in [0.15, 0.2) is 109 Å². The van der Waals surface area contributed by atoms with Gasteiger partial charge in [0.05, 0.1) is 46.9 Å². The summed E-state index contributed by atoms with van der Waals surface area (Å²) in [6, 6.07) is 21.2. The summed E-state index contributed by atoms with van der Waals surface area (Å²) in [7, 11) is 0. The first-order valence-corrected chi connectivity index (χ1v) is 23.2. The van der Waals surface area contributed by atoms with E-state index in [1.54, 1.807) is 0 Å². The lowest BCUT2D eigenvalue weighted by atomic mass is 10.1. The largest absolute Gasteiger partial charge is 0.490 e. The molecule has 0 saturated carbocycles. The summed E-state index contributed by atoms with van der Waals surface area (Å²) in [4.78, 5) is 59.7. The van der Waals surface area contributed by atoms with Crippen LogP contribution in [-0.4, -0.2) is 47.1 Å². The van der Waals surface area contributed by atoms with Crippen LogP contribution in [-0.2, 0) is 0 Å². The van der Waals surface area contributed by atoms with Gasteiger partial charge < -0.3 is 28.4 Å². The quantitative estimate of drug-likeness (QED) is 0.0233. The zero-order valence-electron chi connectivity index (χ0n) is 38.8. The normalized spacial score (nSPS) is 10.9. The van der Waals surface area contributed by atoms with E-state index in [0.717, 1.165) is 76.3 Å². The molecule has 0 radical (unpaired) electrons. The number of hydrogen-bond donors (Lipinski definition) is 0. The van der Waals surface area contributed by atoms with Crippen LogP contribution >= 0.6 is 0 Å². The highest BCUT2D eigenvalue weighted by Gasteiger charge is 2.23. The van der Waals surface area contributed by atoms with Crippen molar-refractivity contribution in [3.63, 3.8) is 0 Å². The number of ether oxygens (including phenoxy) is 6. The van der Waals surface area contributed by atoms with Crippen LogP contribution in [0.3, 0.4) is 0 Å². The van der Waals surface area contributed by atoms with Crippen molar-refractivity contribution in [2.75, 3.05) is 13.2 Å². The second-order valence-electron chi connectivity index (χ2n) is 16.1. The molecule has 16 heteroatoms. The van der Waals surface area contributed by atoms with Crippen LogP contribution in [0.2, 0.25) is 0 Å². The first-order chi connectivity index (χ1) is 33.9. The highest BCUT2D eigenvalue weighted by atomic mass is 19.2. The standard InChI is InChI=1S/C54H52F4N2O10/c1-3-5-7-9-11-13-31-65-45-29-25-41(47(55)49(45)57)53(63)69-39-21-17-37(18-22-39)67-51(61)35-15-27-43(59-33-35)44-28-16-36(34-60-44)52(62)68-38-19-23-40(24-20-38)70-54(64)42-26-30-46(50(58)48(42)56)66-32-14-12-10-8-6-4-2/h15-30,33-34H,3-14,31-32H2,1-2H3. The molecule has 70 heavy (non-hydrogen) atoms. The van der Waals surface area contributed by atoms with Gasteiger partial charge in [-0.3, -0.25) is 9.97 Å². The van der Waals surface area contributed by atoms with Crippen molar-refractivity contribution in [3.05, 3.63) is 155 Å². The molecule has 0 aliphatic heterocycles. The van der Waals surface area contributed by atoms with Crippen molar-refractivity contribution in [1.29, 1.82) is 0 Å². The summed E-state index contributed by atoms with van der Waals surface area (Å²) in [6.45, 7) is 4.69. The number of hydrogen-bond acceptors (Lipinski definition) is 12. The van der Waals surface area contributed by atoms with Crippen molar-refractivity contribution >= 4 is 23.9 Å². The van der Waals surface area contributed by atoms with E-state index in [1.807, 2.05) is 0 Å². The van der Waals surface area contributed by atoms with Crippen LogP contribution in [0.25, 0.3) is 11.4 Å².